The van der Waals surface area contributed by atoms with Crippen LogP contribution in [0.1, 0.15) is 15.9 Å². The number of hydrogen-bond acceptors (Lipinski definition) is 3. The van der Waals surface area contributed by atoms with Gasteiger partial charge in [0.25, 0.3) is 0 Å². The predicted molar refractivity (Wildman–Crippen MR) is 88.6 cm³/mol. The molecule has 4 nitrogen and oxygen atoms in total. The van der Waals surface area contributed by atoms with Gasteiger partial charge in [-0.3, -0.25) is 0 Å². The van der Waals surface area contributed by atoms with Crippen molar-refractivity contribution in [2.75, 3.05) is 13.3 Å². The van der Waals surface area contributed by atoms with Crippen molar-refractivity contribution in [1.29, 1.82) is 0 Å². The Bertz CT molecular complexity index is 842. The average molecular weight is 428 g/mol. The third-order valence-corrected chi connectivity index (χ3v) is 6.86. The van der Waals surface area contributed by atoms with E-state index in [1.165, 1.54) is 0 Å². The van der Waals surface area contributed by atoms with Crippen LogP contribution in [0.5, 0.6) is 11.5 Å². The van der Waals surface area contributed by atoms with Crippen molar-refractivity contribution in [2.45, 2.75) is 17.5 Å². The standard InChI is InChI=1S/C18H14F3NO3Se/c19-18(20,21)17(23)22-8-11-6-14-15(25-10-24-14)7-13(11)16(9-22)26-12-4-2-1-3-5-12/h1-7,16H,8-10H2. The van der Waals surface area contributed by atoms with E-state index in [2.05, 4.69) is 0 Å². The van der Waals surface area contributed by atoms with Gasteiger partial charge >= 0.3 is 154 Å². The van der Waals surface area contributed by atoms with Crippen LogP contribution < -0.4 is 13.9 Å². The Morgan fingerprint density at radius 3 is 2.50 bits per heavy atom. The van der Waals surface area contributed by atoms with Gasteiger partial charge in [-0.05, 0) is 0 Å². The van der Waals surface area contributed by atoms with Crippen molar-refractivity contribution in [3.05, 3.63) is 53.6 Å². The van der Waals surface area contributed by atoms with E-state index >= 15 is 0 Å². The van der Waals surface area contributed by atoms with E-state index < -0.39 is 12.1 Å². The SMILES string of the molecule is O=C(N1Cc2cc3c(cc2C([Se]c2ccccc2)C1)OCO3)C(F)(F)F. The summed E-state index contributed by atoms with van der Waals surface area (Å²) in [6.07, 6.45) is -4.88. The first kappa shape index (κ1) is 17.2. The number of fused-ring (bicyclic) bond motifs is 2. The van der Waals surface area contributed by atoms with E-state index in [-0.39, 0.29) is 39.7 Å². The Balaban J connectivity index is 1.71. The predicted octanol–water partition coefficient (Wildman–Crippen LogP) is 2.39. The van der Waals surface area contributed by atoms with E-state index in [9.17, 15) is 18.0 Å². The first-order valence-corrected chi connectivity index (χ1v) is 9.76. The molecular weight excluding hydrogens is 414 g/mol. The van der Waals surface area contributed by atoms with Gasteiger partial charge in [-0.25, -0.2) is 0 Å². The van der Waals surface area contributed by atoms with Gasteiger partial charge in [0.2, 0.25) is 0 Å². The van der Waals surface area contributed by atoms with Crippen LogP contribution in [0.15, 0.2) is 42.5 Å². The molecule has 0 saturated carbocycles. The summed E-state index contributed by atoms with van der Waals surface area (Å²) >= 11 is -0.131. The minimum absolute atomic E-state index is 0.0415. The molecule has 4 rings (SSSR count). The van der Waals surface area contributed by atoms with Crippen LogP contribution in [0.4, 0.5) is 13.2 Å². The van der Waals surface area contributed by atoms with Crippen molar-refractivity contribution >= 4 is 25.3 Å². The fourth-order valence-corrected chi connectivity index (χ4v) is 5.71. The summed E-state index contributed by atoms with van der Waals surface area (Å²) in [5.74, 6) is -0.682. The third kappa shape index (κ3) is 3.27. The molecule has 0 fully saturated rings. The van der Waals surface area contributed by atoms with Gasteiger partial charge in [0.05, 0.1) is 0 Å². The van der Waals surface area contributed by atoms with Crippen LogP contribution in [0, 0.1) is 0 Å². The summed E-state index contributed by atoms with van der Waals surface area (Å²) in [5, 5.41) is 0. The molecule has 0 radical (unpaired) electrons. The second-order valence-corrected chi connectivity index (χ2v) is 8.68. The molecule has 26 heavy (non-hydrogen) atoms. The molecule has 2 aromatic carbocycles. The number of carbonyl (C=O) groups is 1. The van der Waals surface area contributed by atoms with Gasteiger partial charge in [-0.1, -0.05) is 0 Å². The molecule has 0 aliphatic carbocycles. The number of amides is 1. The monoisotopic (exact) mass is 429 g/mol. The van der Waals surface area contributed by atoms with Crippen molar-refractivity contribution in [2.24, 2.45) is 0 Å². The molecule has 1 amide bonds. The number of carbonyl (C=O) groups excluding carboxylic acids is 1. The molecule has 0 saturated heterocycles. The van der Waals surface area contributed by atoms with E-state index in [1.807, 2.05) is 36.4 Å². The Kier molecular flexibility index (Phi) is 4.32. The van der Waals surface area contributed by atoms with Crippen molar-refractivity contribution in [3.8, 4) is 11.5 Å². The number of hydrogen-bond donors (Lipinski definition) is 0. The first-order chi connectivity index (χ1) is 12.4. The molecule has 136 valence electrons. The Hall–Kier alpha value is -2.18. The topological polar surface area (TPSA) is 38.8 Å². The Morgan fingerprint density at radius 2 is 1.81 bits per heavy atom. The van der Waals surface area contributed by atoms with E-state index in [0.29, 0.717) is 17.1 Å². The summed E-state index contributed by atoms with van der Waals surface area (Å²) in [6, 6.07) is 13.2. The molecule has 8 heteroatoms. The molecule has 1 unspecified atom stereocenters. The van der Waals surface area contributed by atoms with Crippen molar-refractivity contribution in [3.63, 3.8) is 0 Å². The number of alkyl halides is 3. The molecule has 0 aromatic heterocycles. The zero-order valence-corrected chi connectivity index (χ0v) is 15.2. The number of benzene rings is 2. The quantitative estimate of drug-likeness (QED) is 0.690. The Labute approximate surface area is 154 Å². The van der Waals surface area contributed by atoms with Crippen LogP contribution in [0.2, 0.25) is 0 Å². The van der Waals surface area contributed by atoms with Gasteiger partial charge in [0.1, 0.15) is 0 Å². The van der Waals surface area contributed by atoms with Crippen molar-refractivity contribution < 1.29 is 27.4 Å². The molecule has 2 aliphatic rings. The van der Waals surface area contributed by atoms with Gasteiger partial charge in [0, 0.05) is 0 Å². The fourth-order valence-electron chi connectivity index (χ4n) is 3.10. The summed E-state index contributed by atoms with van der Waals surface area (Å²) < 4.78 is 50.7. The molecule has 0 bridgehead atoms. The summed E-state index contributed by atoms with van der Waals surface area (Å²) in [5.41, 5.74) is 1.62. The van der Waals surface area contributed by atoms with Gasteiger partial charge in [0.15, 0.2) is 0 Å². The first-order valence-electron chi connectivity index (χ1n) is 7.92. The van der Waals surface area contributed by atoms with Gasteiger partial charge in [-0.15, -0.1) is 0 Å². The van der Waals surface area contributed by atoms with E-state index in [0.717, 1.165) is 14.9 Å². The van der Waals surface area contributed by atoms with Gasteiger partial charge < -0.3 is 0 Å². The fraction of sp³-hybridized carbons (Fsp3) is 0.278. The zero-order valence-electron chi connectivity index (χ0n) is 13.5. The summed E-state index contributed by atoms with van der Waals surface area (Å²) in [7, 11) is 0. The molecular formula is C18H14F3NO3Se. The molecule has 2 aliphatic heterocycles. The molecule has 2 heterocycles. The number of ether oxygens (including phenoxy) is 2. The van der Waals surface area contributed by atoms with E-state index in [1.54, 1.807) is 6.07 Å². The maximum atomic E-state index is 13.0. The summed E-state index contributed by atoms with van der Waals surface area (Å²) in [6.45, 7) is 0.0590. The second-order valence-electron chi connectivity index (χ2n) is 6.01. The van der Waals surface area contributed by atoms with Crippen LogP contribution in [0.25, 0.3) is 0 Å². The number of nitrogens with zero attached hydrogens (tertiary/aromatic N) is 1. The maximum absolute atomic E-state index is 13.0. The van der Waals surface area contributed by atoms with Crippen LogP contribution in [0.3, 0.4) is 0 Å². The van der Waals surface area contributed by atoms with Crippen LogP contribution >= 0.6 is 0 Å². The third-order valence-electron chi connectivity index (χ3n) is 4.28. The van der Waals surface area contributed by atoms with Crippen molar-refractivity contribution in [1.82, 2.24) is 4.90 Å². The molecule has 0 spiro atoms. The van der Waals surface area contributed by atoms with Crippen LogP contribution in [-0.4, -0.2) is 45.3 Å². The number of rotatable bonds is 2. The minimum atomic E-state index is -4.88. The normalized spacial score (nSPS) is 18.6. The molecule has 1 atom stereocenters. The number of halogens is 3. The van der Waals surface area contributed by atoms with E-state index in [4.69, 9.17) is 9.47 Å². The zero-order chi connectivity index (χ0) is 18.3. The van der Waals surface area contributed by atoms with Gasteiger partial charge in [-0.2, -0.15) is 0 Å². The Morgan fingerprint density at radius 1 is 1.12 bits per heavy atom. The molecule has 2 aromatic rings. The van der Waals surface area contributed by atoms with Crippen LogP contribution in [-0.2, 0) is 11.3 Å². The average Bonchev–Trinajstić information content (AvgIpc) is 3.06. The summed E-state index contributed by atoms with van der Waals surface area (Å²) in [4.78, 5) is 12.5. The second kappa shape index (κ2) is 6.52. The molecule has 0 N–H and O–H groups in total.